The van der Waals surface area contributed by atoms with E-state index in [1.165, 1.54) is 0 Å². The molecule has 13 heteroatoms. The van der Waals surface area contributed by atoms with Crippen LogP contribution in [0, 0.1) is 0 Å². The third-order valence-electron chi connectivity index (χ3n) is 3.83. The Bertz CT molecular complexity index is 820. The first-order chi connectivity index (χ1) is 15.3. The third-order valence-corrected chi connectivity index (χ3v) is 3.83. The maximum atomic E-state index is 12.0. The molecule has 2 rings (SSSR count). The number of hydrogen-bond acceptors (Lipinski definition) is 10. The van der Waals surface area contributed by atoms with Gasteiger partial charge in [0.25, 0.3) is 5.91 Å². The molecule has 0 radical (unpaired) electrons. The van der Waals surface area contributed by atoms with Gasteiger partial charge in [-0.15, -0.1) is 5.10 Å². The van der Waals surface area contributed by atoms with Gasteiger partial charge in [0.1, 0.15) is 5.69 Å². The average molecular weight is 451 g/mol. The van der Waals surface area contributed by atoms with Crippen LogP contribution in [0.4, 0.5) is 0 Å². The van der Waals surface area contributed by atoms with Crippen molar-refractivity contribution < 1.29 is 40.1 Å². The number of aromatic nitrogens is 3. The summed E-state index contributed by atoms with van der Waals surface area (Å²) in [6.07, 6.45) is 2.15. The summed E-state index contributed by atoms with van der Waals surface area (Å²) >= 11 is 0. The Morgan fingerprint density at radius 2 is 1.81 bits per heavy atom. The lowest BCUT2D eigenvalue weighted by Gasteiger charge is -2.12. The number of likely N-dealkylation sites (N-methyl/N-ethyl adjacent to an activating group) is 1. The van der Waals surface area contributed by atoms with E-state index >= 15 is 0 Å². The zero-order valence-electron chi connectivity index (χ0n) is 17.9. The van der Waals surface area contributed by atoms with E-state index in [4.69, 9.17) is 19.8 Å². The molecule has 1 amide bonds. The summed E-state index contributed by atoms with van der Waals surface area (Å²) in [6.45, 7) is 2.49. The highest BCUT2D eigenvalue weighted by molar-refractivity contribution is 5.82. The monoisotopic (exact) mass is 451 g/mol. The van der Waals surface area contributed by atoms with Crippen LogP contribution in [0.2, 0.25) is 0 Å². The van der Waals surface area contributed by atoms with E-state index in [1.54, 1.807) is 10.9 Å². The van der Waals surface area contributed by atoms with Crippen molar-refractivity contribution in [2.75, 3.05) is 26.7 Å². The largest absolute Gasteiger partial charge is 0.554 e. The molecule has 0 atom stereocenters. The minimum atomic E-state index is -0.500. The fourth-order valence-electron chi connectivity index (χ4n) is 2.30. The van der Waals surface area contributed by atoms with Gasteiger partial charge in [-0.05, 0) is 31.3 Å². The fourth-order valence-corrected chi connectivity index (χ4v) is 2.30. The summed E-state index contributed by atoms with van der Waals surface area (Å²) in [6, 6.07) is 7.60. The van der Waals surface area contributed by atoms with Crippen LogP contribution in [0.3, 0.4) is 0 Å². The summed E-state index contributed by atoms with van der Waals surface area (Å²) in [5, 5.41) is 27.2. The van der Waals surface area contributed by atoms with Crippen molar-refractivity contribution in [2.24, 2.45) is 0 Å². The number of carbonyl (C=O) groups is 4. The Kier molecular flexibility index (Phi) is 15.1. The lowest BCUT2D eigenvalue weighted by Crippen LogP contribution is -2.51. The first-order valence-corrected chi connectivity index (χ1v) is 9.30. The number of hydrogen-bond donors (Lipinski definition) is 2. The highest BCUT2D eigenvalue weighted by atomic mass is 16.6. The van der Waals surface area contributed by atoms with E-state index in [1.807, 2.05) is 43.1 Å². The summed E-state index contributed by atoms with van der Waals surface area (Å²) < 4.78 is 1.62. The second kappa shape index (κ2) is 17.0. The highest BCUT2D eigenvalue weighted by Gasteiger charge is 2.08. The number of Topliss-reactive ketones (excluding diaryl/α,β-unsaturated/α-hetero) is 1. The van der Waals surface area contributed by atoms with Crippen molar-refractivity contribution >= 4 is 24.6 Å². The summed E-state index contributed by atoms with van der Waals surface area (Å²) in [7, 11) is 1.93. The number of nitrogens with one attached hydrogen (secondary N) is 1. The van der Waals surface area contributed by atoms with E-state index < -0.39 is 12.9 Å². The quantitative estimate of drug-likeness (QED) is 0.264. The van der Waals surface area contributed by atoms with E-state index in [2.05, 4.69) is 26.4 Å². The molecule has 4 N–H and O–H groups in total. The molecule has 1 heterocycles. The van der Waals surface area contributed by atoms with Gasteiger partial charge in [-0.2, -0.15) is 4.84 Å². The van der Waals surface area contributed by atoms with Crippen molar-refractivity contribution in [2.45, 2.75) is 19.9 Å². The molecule has 0 aliphatic heterocycles. The molecule has 13 nitrogen and oxygen atoms in total. The number of quaternary nitrogens is 1. The molecule has 176 valence electrons. The first-order valence-electron chi connectivity index (χ1n) is 9.30. The maximum absolute atomic E-state index is 12.0. The van der Waals surface area contributed by atoms with Gasteiger partial charge in [-0.3, -0.25) is 14.5 Å². The van der Waals surface area contributed by atoms with Crippen LogP contribution in [-0.4, -0.2) is 71.3 Å². The van der Waals surface area contributed by atoms with Gasteiger partial charge in [0.2, 0.25) is 0 Å². The Labute approximate surface area is 184 Å². The molecular weight excluding hydrogens is 424 g/mol. The zero-order chi connectivity index (χ0) is 24.4. The number of amides is 1. The lowest BCUT2D eigenvalue weighted by molar-refractivity contribution is -0.685. The molecule has 0 saturated heterocycles. The van der Waals surface area contributed by atoms with Crippen LogP contribution in [-0.2, 0) is 37.0 Å². The van der Waals surface area contributed by atoms with Crippen LogP contribution in [0.15, 0.2) is 30.5 Å². The minimum Gasteiger partial charge on any atom is -0.554 e. The highest BCUT2D eigenvalue weighted by Crippen LogP contribution is 2.10. The second-order valence-electron chi connectivity index (χ2n) is 6.18. The molecule has 2 aromatic rings. The number of rotatable bonds is 10. The van der Waals surface area contributed by atoms with Crippen LogP contribution >= 0.6 is 0 Å². The van der Waals surface area contributed by atoms with Crippen molar-refractivity contribution in [1.29, 1.82) is 0 Å². The number of carboxylic acid groups (broad SMARTS) is 2. The minimum absolute atomic E-state index is 0.0949. The zero-order valence-corrected chi connectivity index (χ0v) is 17.9. The molecular formula is C19H27N6O7-. The predicted molar refractivity (Wildman–Crippen MR) is 106 cm³/mol. The molecule has 1 aromatic carbocycles. The molecule has 0 fully saturated rings. The smallest absolute Gasteiger partial charge is 0.252 e. The van der Waals surface area contributed by atoms with Crippen LogP contribution < -0.4 is 21.4 Å². The standard InChI is InChI=1S/C17H24N6O3.2CH2O2/c1-3-22(2)11-16(24)8-13-4-6-15(7-5-13)23-10-14(20-21-23)9-19-17(25)12-26-18;2*2-1-3/h4-7,10H,3,8-9,11-12H2,1-2,18H3;2*1H,(H,2,3)/p-1. The van der Waals surface area contributed by atoms with E-state index in [0.717, 1.165) is 17.8 Å². The molecule has 0 aliphatic carbocycles. The number of nitrogens with zero attached hydrogens (tertiary/aromatic N) is 4. The number of ketones is 1. The van der Waals surface area contributed by atoms with Gasteiger partial charge in [-0.25, -0.2) is 10.6 Å². The molecule has 0 saturated carbocycles. The molecule has 0 unspecified atom stereocenters. The molecule has 1 aromatic heterocycles. The topological polar surface area (TPSA) is 197 Å². The molecule has 0 bridgehead atoms. The van der Waals surface area contributed by atoms with Gasteiger partial charge in [0, 0.05) is 19.4 Å². The van der Waals surface area contributed by atoms with Crippen molar-refractivity contribution in [3.05, 3.63) is 41.7 Å². The second-order valence-corrected chi connectivity index (χ2v) is 6.18. The molecule has 0 spiro atoms. The summed E-state index contributed by atoms with van der Waals surface area (Å²) in [5.74, 6) is 3.07. The number of benzene rings is 1. The van der Waals surface area contributed by atoms with Crippen LogP contribution in [0.25, 0.3) is 5.69 Å². The fraction of sp³-hybridized carbons (Fsp3) is 0.368. The Hall–Kier alpha value is -3.68. The van der Waals surface area contributed by atoms with E-state index in [9.17, 15) is 9.59 Å². The van der Waals surface area contributed by atoms with Crippen LogP contribution in [0.5, 0.6) is 0 Å². The average Bonchev–Trinajstić information content (AvgIpc) is 3.23. The van der Waals surface area contributed by atoms with E-state index in [0.29, 0.717) is 18.7 Å². The first kappa shape index (κ1) is 28.3. The van der Waals surface area contributed by atoms with Crippen molar-refractivity contribution in [3.63, 3.8) is 0 Å². The van der Waals surface area contributed by atoms with Gasteiger partial charge in [-0.1, -0.05) is 24.3 Å². The Morgan fingerprint density at radius 3 is 2.34 bits per heavy atom. The number of carbonyl (C=O) groups excluding carboxylic acids is 4. The third kappa shape index (κ3) is 12.1. The Morgan fingerprint density at radius 1 is 1.22 bits per heavy atom. The van der Waals surface area contributed by atoms with Gasteiger partial charge < -0.3 is 25.1 Å². The summed E-state index contributed by atoms with van der Waals surface area (Å²) in [4.78, 5) is 46.3. The lowest BCUT2D eigenvalue weighted by atomic mass is 10.1. The SMILES string of the molecule is CCN(C)CC(=O)Cc1ccc(-n2cc(CNC(=O)CO[NH3+])nn2)cc1.O=C[O-].O=C[O-]. The van der Waals surface area contributed by atoms with E-state index in [-0.39, 0.29) is 24.8 Å². The predicted octanol–water partition coefficient (Wildman–Crippen LogP) is -4.15. The normalized spacial score (nSPS) is 9.62. The van der Waals surface area contributed by atoms with Gasteiger partial charge >= 0.3 is 0 Å². The molecule has 0 aliphatic rings. The van der Waals surface area contributed by atoms with Gasteiger partial charge in [0.15, 0.2) is 12.4 Å². The van der Waals surface area contributed by atoms with Gasteiger partial charge in [0.05, 0.1) is 25.0 Å². The molecule has 32 heavy (non-hydrogen) atoms. The van der Waals surface area contributed by atoms with Crippen molar-refractivity contribution in [3.8, 4) is 5.69 Å². The summed E-state index contributed by atoms with van der Waals surface area (Å²) in [5.41, 5.74) is 2.42. The maximum Gasteiger partial charge on any atom is 0.252 e. The van der Waals surface area contributed by atoms with Crippen molar-refractivity contribution in [1.82, 2.24) is 25.2 Å². The Balaban J connectivity index is 0.00000144. The van der Waals surface area contributed by atoms with Crippen LogP contribution in [0.1, 0.15) is 18.2 Å².